The molecule has 13 heteroatoms. The Labute approximate surface area is 270 Å². The summed E-state index contributed by atoms with van der Waals surface area (Å²) < 4.78 is 18.0. The van der Waals surface area contributed by atoms with Crippen molar-refractivity contribution in [1.29, 1.82) is 0 Å². The highest BCUT2D eigenvalue weighted by molar-refractivity contribution is 9.10. The van der Waals surface area contributed by atoms with Gasteiger partial charge in [0.25, 0.3) is 17.5 Å². The number of nitro benzene ring substituents is 1. The number of halogens is 2. The minimum absolute atomic E-state index is 0.0375. The smallest absolute Gasteiger partial charge is 0.335 e. The first-order valence-electron chi connectivity index (χ1n) is 13.3. The van der Waals surface area contributed by atoms with E-state index in [0.29, 0.717) is 23.5 Å². The molecule has 5 rings (SSSR count). The number of barbiturate groups is 1. The number of nitro groups is 1. The van der Waals surface area contributed by atoms with Gasteiger partial charge in [-0.1, -0.05) is 51.8 Å². The van der Waals surface area contributed by atoms with Gasteiger partial charge in [0.1, 0.15) is 24.5 Å². The number of anilines is 1. The molecule has 4 aromatic carbocycles. The molecule has 0 bridgehead atoms. The lowest BCUT2D eigenvalue weighted by Gasteiger charge is -2.26. The van der Waals surface area contributed by atoms with E-state index < -0.39 is 22.8 Å². The number of ether oxygens (including phenoxy) is 3. The highest BCUT2D eigenvalue weighted by Crippen LogP contribution is 2.38. The number of methoxy groups -OCH3 is 1. The van der Waals surface area contributed by atoms with E-state index in [2.05, 4.69) is 21.2 Å². The van der Waals surface area contributed by atoms with E-state index in [-0.39, 0.29) is 40.1 Å². The Morgan fingerprint density at radius 1 is 0.933 bits per heavy atom. The molecule has 0 spiro atoms. The third kappa shape index (κ3) is 7.31. The number of nitrogens with zero attached hydrogens (tertiary/aromatic N) is 2. The maximum Gasteiger partial charge on any atom is 0.335 e. The summed E-state index contributed by atoms with van der Waals surface area (Å²) in [6.07, 6.45) is 1.28. The molecule has 1 aliphatic heterocycles. The summed E-state index contributed by atoms with van der Waals surface area (Å²) in [5.74, 6) is -0.848. The Morgan fingerprint density at radius 2 is 1.64 bits per heavy atom. The summed E-state index contributed by atoms with van der Waals surface area (Å²) >= 11 is 9.87. The van der Waals surface area contributed by atoms with Crippen molar-refractivity contribution in [2.24, 2.45) is 0 Å². The number of non-ortho nitro benzene ring substituents is 1. The Kier molecular flexibility index (Phi) is 9.45. The van der Waals surface area contributed by atoms with Gasteiger partial charge in [-0.25, -0.2) is 9.69 Å². The maximum absolute atomic E-state index is 13.4. The fourth-order valence-corrected chi connectivity index (χ4v) is 4.91. The largest absolute Gasteiger partial charge is 0.493 e. The summed E-state index contributed by atoms with van der Waals surface area (Å²) in [6, 6.07) is 22.0. The van der Waals surface area contributed by atoms with E-state index in [1.165, 1.54) is 49.6 Å². The third-order valence-electron chi connectivity index (χ3n) is 6.58. The van der Waals surface area contributed by atoms with Crippen LogP contribution in [0.5, 0.6) is 17.2 Å². The molecule has 0 radical (unpaired) electrons. The fraction of sp³-hybridized carbons (Fsp3) is 0.0938. The number of urea groups is 1. The fourth-order valence-electron chi connectivity index (χ4n) is 4.38. The molecule has 0 saturated carbocycles. The number of rotatable bonds is 10. The van der Waals surface area contributed by atoms with Gasteiger partial charge in [-0.2, -0.15) is 0 Å². The summed E-state index contributed by atoms with van der Waals surface area (Å²) in [5.41, 5.74) is 1.65. The molecule has 0 aromatic heterocycles. The first-order chi connectivity index (χ1) is 21.6. The lowest BCUT2D eigenvalue weighted by Crippen LogP contribution is -2.54. The molecular weight excluding hydrogens is 670 g/mol. The van der Waals surface area contributed by atoms with Crippen molar-refractivity contribution in [3.8, 4) is 17.2 Å². The van der Waals surface area contributed by atoms with Gasteiger partial charge in [0.2, 0.25) is 0 Å². The molecule has 228 valence electrons. The molecule has 0 aliphatic carbocycles. The van der Waals surface area contributed by atoms with Crippen LogP contribution in [0.25, 0.3) is 6.08 Å². The first kappa shape index (κ1) is 31.2. The van der Waals surface area contributed by atoms with Crippen LogP contribution in [0.4, 0.5) is 16.2 Å². The van der Waals surface area contributed by atoms with E-state index in [1.807, 2.05) is 24.3 Å². The molecule has 45 heavy (non-hydrogen) atoms. The molecule has 0 unspecified atom stereocenters. The molecule has 4 aromatic rings. The zero-order chi connectivity index (χ0) is 32.1. The van der Waals surface area contributed by atoms with Gasteiger partial charge in [0.15, 0.2) is 11.5 Å². The molecule has 1 aliphatic rings. The van der Waals surface area contributed by atoms with E-state index in [9.17, 15) is 24.5 Å². The monoisotopic (exact) mass is 691 g/mol. The Bertz CT molecular complexity index is 1830. The Balaban J connectivity index is 1.33. The lowest BCUT2D eigenvalue weighted by atomic mass is 10.1. The molecule has 1 fully saturated rings. The second-order valence-corrected chi connectivity index (χ2v) is 10.9. The van der Waals surface area contributed by atoms with Crippen molar-refractivity contribution in [3.63, 3.8) is 0 Å². The van der Waals surface area contributed by atoms with Crippen LogP contribution < -0.4 is 24.4 Å². The average molecular weight is 693 g/mol. The number of imide groups is 2. The summed E-state index contributed by atoms with van der Waals surface area (Å²) in [5, 5.41) is 13.4. The Hall–Kier alpha value is -5.20. The predicted octanol–water partition coefficient (Wildman–Crippen LogP) is 6.84. The third-order valence-corrected chi connectivity index (χ3v) is 7.39. The van der Waals surface area contributed by atoms with Gasteiger partial charge < -0.3 is 14.2 Å². The van der Waals surface area contributed by atoms with Gasteiger partial charge in [0.05, 0.1) is 22.7 Å². The number of hydrogen-bond donors (Lipinski definition) is 1. The van der Waals surface area contributed by atoms with Crippen molar-refractivity contribution in [1.82, 2.24) is 5.32 Å². The second kappa shape index (κ2) is 13.6. The van der Waals surface area contributed by atoms with E-state index in [1.54, 1.807) is 24.3 Å². The molecule has 0 atom stereocenters. The van der Waals surface area contributed by atoms with Crippen molar-refractivity contribution in [3.05, 3.63) is 127 Å². The topological polar surface area (TPSA) is 137 Å². The number of benzene rings is 4. The minimum Gasteiger partial charge on any atom is -0.493 e. The lowest BCUT2D eigenvalue weighted by molar-refractivity contribution is -0.384. The van der Waals surface area contributed by atoms with Gasteiger partial charge in [-0.15, -0.1) is 0 Å². The van der Waals surface area contributed by atoms with Gasteiger partial charge in [0, 0.05) is 16.6 Å². The Morgan fingerprint density at radius 3 is 2.33 bits per heavy atom. The van der Waals surface area contributed by atoms with E-state index in [0.717, 1.165) is 14.9 Å². The summed E-state index contributed by atoms with van der Waals surface area (Å²) in [4.78, 5) is 50.3. The van der Waals surface area contributed by atoms with Crippen molar-refractivity contribution >= 4 is 62.8 Å². The van der Waals surface area contributed by atoms with Gasteiger partial charge in [-0.05, 0) is 71.3 Å². The van der Waals surface area contributed by atoms with Crippen LogP contribution >= 0.6 is 27.5 Å². The number of carbonyl (C=O) groups excluding carboxylic acids is 3. The van der Waals surface area contributed by atoms with Crippen LogP contribution in [0.1, 0.15) is 16.7 Å². The molecule has 1 N–H and O–H groups in total. The van der Waals surface area contributed by atoms with Crippen LogP contribution in [-0.4, -0.2) is 29.9 Å². The maximum atomic E-state index is 13.4. The van der Waals surface area contributed by atoms with Crippen LogP contribution in [0.3, 0.4) is 0 Å². The van der Waals surface area contributed by atoms with Gasteiger partial charge >= 0.3 is 6.03 Å². The van der Waals surface area contributed by atoms with E-state index >= 15 is 0 Å². The number of carbonyl (C=O) groups is 3. The van der Waals surface area contributed by atoms with Crippen LogP contribution in [0.2, 0.25) is 5.02 Å². The number of nitrogens with one attached hydrogen (secondary N) is 1. The number of hydrogen-bond acceptors (Lipinski definition) is 8. The average Bonchev–Trinajstić information content (AvgIpc) is 3.02. The highest BCUT2D eigenvalue weighted by Gasteiger charge is 2.37. The number of amides is 4. The second-order valence-electron chi connectivity index (χ2n) is 9.62. The van der Waals surface area contributed by atoms with Crippen LogP contribution in [0.15, 0.2) is 95.0 Å². The van der Waals surface area contributed by atoms with Crippen LogP contribution in [-0.2, 0) is 22.8 Å². The quantitative estimate of drug-likeness (QED) is 0.0825. The van der Waals surface area contributed by atoms with Crippen LogP contribution in [0, 0.1) is 10.1 Å². The minimum atomic E-state index is -0.897. The van der Waals surface area contributed by atoms with Crippen molar-refractivity contribution in [2.75, 3.05) is 12.0 Å². The van der Waals surface area contributed by atoms with Crippen molar-refractivity contribution in [2.45, 2.75) is 13.2 Å². The highest BCUT2D eigenvalue weighted by atomic mass is 79.9. The molecule has 1 saturated heterocycles. The SMILES string of the molecule is COc1cc(/C=C2\C(=O)NC(=O)N(c3ccc(OCc4ccc(Br)cc4)cc3)C2=O)cc(Cl)c1OCc1cccc([N+](=O)[O-])c1. The zero-order valence-corrected chi connectivity index (χ0v) is 25.8. The normalized spacial score (nSPS) is 13.9. The van der Waals surface area contributed by atoms with Crippen molar-refractivity contribution < 1.29 is 33.5 Å². The predicted molar refractivity (Wildman–Crippen MR) is 169 cm³/mol. The standard InChI is InChI=1S/C32H23BrClN3O8/c1-43-28-16-21(15-27(34)29(28)45-18-20-3-2-4-24(13-20)37(41)42)14-26-30(38)35-32(40)36(31(26)39)23-9-11-25(12-10-23)44-17-19-5-7-22(33)8-6-19/h2-16H,17-18H2,1H3,(H,35,38,40)/b26-14+. The molecule has 4 amide bonds. The van der Waals surface area contributed by atoms with Gasteiger partial charge in [-0.3, -0.25) is 25.0 Å². The molecule has 11 nitrogen and oxygen atoms in total. The molecular formula is C32H23BrClN3O8. The molecule has 1 heterocycles. The summed E-state index contributed by atoms with van der Waals surface area (Å²) in [7, 11) is 1.38. The van der Waals surface area contributed by atoms with E-state index in [4.69, 9.17) is 25.8 Å². The summed E-state index contributed by atoms with van der Waals surface area (Å²) in [6.45, 7) is 0.284. The zero-order valence-electron chi connectivity index (χ0n) is 23.5. The first-order valence-corrected chi connectivity index (χ1v) is 14.4.